The monoisotopic (exact) mass is 387 g/mol. The zero-order valence-electron chi connectivity index (χ0n) is 13.0. The molecule has 1 saturated heterocycles. The van der Waals surface area contributed by atoms with Gasteiger partial charge in [-0.1, -0.05) is 18.0 Å². The third-order valence-corrected chi connectivity index (χ3v) is 6.73. The van der Waals surface area contributed by atoms with Crippen molar-refractivity contribution in [3.8, 4) is 6.07 Å². The predicted molar refractivity (Wildman–Crippen MR) is 95.6 cm³/mol. The highest BCUT2D eigenvalue weighted by Gasteiger charge is 2.28. The molecule has 9 heteroatoms. The number of halogens is 1. The van der Waals surface area contributed by atoms with E-state index in [0.29, 0.717) is 18.8 Å². The number of thioether (sulfide) groups is 1. The first-order valence-electron chi connectivity index (χ1n) is 7.49. The number of carbonyl (C=O) groups excluding carboxylic acids is 1. The van der Waals surface area contributed by atoms with Gasteiger partial charge in [-0.3, -0.25) is 4.79 Å². The highest BCUT2D eigenvalue weighted by molar-refractivity contribution is 8.00. The molecule has 0 aliphatic carbocycles. The van der Waals surface area contributed by atoms with Crippen LogP contribution in [0.5, 0.6) is 0 Å². The van der Waals surface area contributed by atoms with Gasteiger partial charge in [0.25, 0.3) is 0 Å². The number of benzene rings is 1. The molecule has 1 aliphatic rings. The summed E-state index contributed by atoms with van der Waals surface area (Å²) in [6.45, 7) is 0.972. The summed E-state index contributed by atoms with van der Waals surface area (Å²) in [6, 6.07) is 6.36. The summed E-state index contributed by atoms with van der Waals surface area (Å²) in [5.74, 6) is 0.0615. The van der Waals surface area contributed by atoms with Gasteiger partial charge >= 0.3 is 0 Å². The molecule has 0 atom stereocenters. The van der Waals surface area contributed by atoms with E-state index in [1.807, 2.05) is 6.07 Å². The highest BCUT2D eigenvalue weighted by atomic mass is 35.5. The van der Waals surface area contributed by atoms with Gasteiger partial charge in [0.2, 0.25) is 15.9 Å². The molecule has 1 amide bonds. The van der Waals surface area contributed by atoms with Gasteiger partial charge in [-0.25, -0.2) is 8.42 Å². The molecule has 0 bridgehead atoms. The topological polar surface area (TPSA) is 90.3 Å². The van der Waals surface area contributed by atoms with E-state index in [0.717, 1.165) is 19.3 Å². The first-order chi connectivity index (χ1) is 11.4. The van der Waals surface area contributed by atoms with Gasteiger partial charge in [-0.05, 0) is 31.0 Å². The summed E-state index contributed by atoms with van der Waals surface area (Å²) in [7, 11) is -3.67. The van der Waals surface area contributed by atoms with Gasteiger partial charge in [0.15, 0.2) is 0 Å². The average molecular weight is 388 g/mol. The molecule has 1 aliphatic heterocycles. The van der Waals surface area contributed by atoms with E-state index in [9.17, 15) is 13.2 Å². The summed E-state index contributed by atoms with van der Waals surface area (Å²) >= 11 is 7.27. The van der Waals surface area contributed by atoms with Crippen LogP contribution in [-0.4, -0.2) is 43.2 Å². The van der Waals surface area contributed by atoms with Crippen LogP contribution in [0.2, 0.25) is 5.02 Å². The first kappa shape index (κ1) is 19.1. The van der Waals surface area contributed by atoms with Crippen molar-refractivity contribution in [2.75, 3.05) is 29.9 Å². The summed E-state index contributed by atoms with van der Waals surface area (Å²) in [4.78, 5) is 11.8. The van der Waals surface area contributed by atoms with Crippen LogP contribution in [-0.2, 0) is 14.8 Å². The van der Waals surface area contributed by atoms with E-state index in [-0.39, 0.29) is 27.3 Å². The first-order valence-corrected chi connectivity index (χ1v) is 10.5. The molecular formula is C15H18ClN3O3S2. The summed E-state index contributed by atoms with van der Waals surface area (Å²) in [5, 5.41) is 11.2. The quantitative estimate of drug-likeness (QED) is 0.758. The second kappa shape index (κ2) is 8.72. The van der Waals surface area contributed by atoms with Gasteiger partial charge < -0.3 is 5.32 Å². The number of carbonyl (C=O) groups is 1. The van der Waals surface area contributed by atoms with E-state index in [1.165, 1.54) is 28.2 Å². The Balaban J connectivity index is 2.16. The minimum absolute atomic E-state index is 0.00791. The van der Waals surface area contributed by atoms with Crippen LogP contribution in [0.3, 0.4) is 0 Å². The van der Waals surface area contributed by atoms with Crippen LogP contribution in [0.1, 0.15) is 19.3 Å². The molecule has 24 heavy (non-hydrogen) atoms. The standard InChI is InChI=1S/C15H18ClN3O3S2/c16-13-5-4-12(18-15(20)11-23-9-6-17)10-14(13)24(21,22)19-7-2-1-3-8-19/h4-5,10H,1-3,7-9,11H2,(H,18,20). The SMILES string of the molecule is N#CCSCC(=O)Nc1ccc(Cl)c(S(=O)(=O)N2CCCCC2)c1. The lowest BCUT2D eigenvalue weighted by atomic mass is 10.2. The lowest BCUT2D eigenvalue weighted by Gasteiger charge is -2.26. The van der Waals surface area contributed by atoms with Crippen LogP contribution in [0.4, 0.5) is 5.69 Å². The zero-order chi connectivity index (χ0) is 17.6. The van der Waals surface area contributed by atoms with E-state index < -0.39 is 10.0 Å². The van der Waals surface area contributed by atoms with Gasteiger partial charge in [0, 0.05) is 18.8 Å². The van der Waals surface area contributed by atoms with E-state index in [4.69, 9.17) is 16.9 Å². The number of sulfonamides is 1. The van der Waals surface area contributed by atoms with Crippen molar-refractivity contribution in [1.82, 2.24) is 4.31 Å². The molecule has 1 aromatic rings. The maximum Gasteiger partial charge on any atom is 0.244 e. The minimum atomic E-state index is -3.67. The molecule has 1 fully saturated rings. The number of nitrogens with one attached hydrogen (secondary N) is 1. The number of amides is 1. The summed E-state index contributed by atoms with van der Waals surface area (Å²) in [5.41, 5.74) is 0.373. The van der Waals surface area contributed by atoms with Gasteiger partial charge in [0.1, 0.15) is 4.90 Å². The Morgan fingerprint density at radius 2 is 2.04 bits per heavy atom. The molecule has 0 spiro atoms. The number of hydrogen-bond acceptors (Lipinski definition) is 5. The fourth-order valence-corrected chi connectivity index (χ4v) is 4.88. The van der Waals surface area contributed by atoms with Crippen molar-refractivity contribution < 1.29 is 13.2 Å². The van der Waals surface area contributed by atoms with Crippen molar-refractivity contribution in [1.29, 1.82) is 5.26 Å². The van der Waals surface area contributed by atoms with Crippen molar-refractivity contribution in [2.45, 2.75) is 24.2 Å². The summed E-state index contributed by atoms with van der Waals surface area (Å²) in [6.07, 6.45) is 2.70. The fraction of sp³-hybridized carbons (Fsp3) is 0.467. The van der Waals surface area contributed by atoms with E-state index in [1.54, 1.807) is 6.07 Å². The largest absolute Gasteiger partial charge is 0.325 e. The maximum atomic E-state index is 12.7. The Morgan fingerprint density at radius 3 is 2.71 bits per heavy atom. The Kier molecular flexibility index (Phi) is 6.92. The van der Waals surface area contributed by atoms with Crippen LogP contribution in [0, 0.1) is 11.3 Å². The highest BCUT2D eigenvalue weighted by Crippen LogP contribution is 2.29. The molecule has 1 heterocycles. The van der Waals surface area contributed by atoms with Gasteiger partial charge in [0.05, 0.1) is 22.6 Å². The van der Waals surface area contributed by atoms with Crippen LogP contribution < -0.4 is 5.32 Å². The second-order valence-corrected chi connectivity index (χ2v) is 8.61. The molecule has 0 unspecified atom stereocenters. The van der Waals surface area contributed by atoms with Crippen molar-refractivity contribution in [2.24, 2.45) is 0 Å². The number of anilines is 1. The number of nitrogens with zero attached hydrogens (tertiary/aromatic N) is 2. The molecule has 0 saturated carbocycles. The molecule has 1 aromatic carbocycles. The van der Waals surface area contributed by atoms with Crippen LogP contribution in [0.15, 0.2) is 23.1 Å². The maximum absolute atomic E-state index is 12.7. The molecule has 0 aromatic heterocycles. The second-order valence-electron chi connectivity index (χ2n) is 5.31. The molecule has 130 valence electrons. The smallest absolute Gasteiger partial charge is 0.244 e. The van der Waals surface area contributed by atoms with Gasteiger partial charge in [-0.15, -0.1) is 11.8 Å². The predicted octanol–water partition coefficient (Wildman–Crippen LogP) is 2.71. The fourth-order valence-electron chi connectivity index (χ4n) is 2.41. The third-order valence-electron chi connectivity index (χ3n) is 3.55. The molecule has 0 radical (unpaired) electrons. The number of nitriles is 1. The molecule has 6 nitrogen and oxygen atoms in total. The van der Waals surface area contributed by atoms with Gasteiger partial charge in [-0.2, -0.15) is 9.57 Å². The van der Waals surface area contributed by atoms with Crippen LogP contribution >= 0.6 is 23.4 Å². The van der Waals surface area contributed by atoms with Crippen LogP contribution in [0.25, 0.3) is 0 Å². The number of hydrogen-bond donors (Lipinski definition) is 1. The zero-order valence-corrected chi connectivity index (χ0v) is 15.4. The number of rotatable bonds is 6. The lowest BCUT2D eigenvalue weighted by molar-refractivity contribution is -0.113. The van der Waals surface area contributed by atoms with E-state index >= 15 is 0 Å². The minimum Gasteiger partial charge on any atom is -0.325 e. The Labute approximate surface area is 151 Å². The average Bonchev–Trinajstić information content (AvgIpc) is 2.57. The molecular weight excluding hydrogens is 370 g/mol. The summed E-state index contributed by atoms with van der Waals surface area (Å²) < 4.78 is 26.9. The van der Waals surface area contributed by atoms with Crippen molar-refractivity contribution in [3.63, 3.8) is 0 Å². The Bertz CT molecular complexity index is 741. The number of piperidine rings is 1. The lowest BCUT2D eigenvalue weighted by Crippen LogP contribution is -2.35. The van der Waals surface area contributed by atoms with Crippen molar-refractivity contribution >= 4 is 45.0 Å². The Hall–Kier alpha value is -1.27. The third kappa shape index (κ3) is 4.86. The molecule has 1 N–H and O–H groups in total. The van der Waals surface area contributed by atoms with E-state index in [2.05, 4.69) is 5.32 Å². The molecule has 2 rings (SSSR count). The normalized spacial score (nSPS) is 15.7. The Morgan fingerprint density at radius 1 is 1.33 bits per heavy atom. The van der Waals surface area contributed by atoms with Crippen molar-refractivity contribution in [3.05, 3.63) is 23.2 Å².